The van der Waals surface area contributed by atoms with Gasteiger partial charge < -0.3 is 10.2 Å². The molecule has 1 heterocycles. The second kappa shape index (κ2) is 8.07. The zero-order valence-electron chi connectivity index (χ0n) is 16.7. The van der Waals surface area contributed by atoms with Gasteiger partial charge in [0, 0.05) is 11.1 Å². The van der Waals surface area contributed by atoms with E-state index in [0.717, 1.165) is 16.9 Å². The molecule has 1 fully saturated rings. The molecule has 31 heavy (non-hydrogen) atoms. The zero-order valence-corrected chi connectivity index (χ0v) is 16.7. The summed E-state index contributed by atoms with van der Waals surface area (Å²) in [4.78, 5) is 27.0. The van der Waals surface area contributed by atoms with Gasteiger partial charge in [0.2, 0.25) is 0 Å². The van der Waals surface area contributed by atoms with Crippen LogP contribution in [0, 0.1) is 5.82 Å². The highest BCUT2D eigenvalue weighted by Crippen LogP contribution is 2.45. The molecule has 0 aromatic heterocycles. The number of aliphatic hydroxyl groups is 1. The SMILES string of the molecule is CCc1ccc(/C(O)=C2\C(=O)C(=O)N(c3ccccc3O)C2c2ccccc2F)cc1. The first-order chi connectivity index (χ1) is 14.9. The third kappa shape index (κ3) is 3.46. The van der Waals surface area contributed by atoms with Gasteiger partial charge in [0.05, 0.1) is 17.3 Å². The molecule has 0 bridgehead atoms. The van der Waals surface area contributed by atoms with Crippen LogP contribution in [0.15, 0.2) is 78.4 Å². The maximum Gasteiger partial charge on any atom is 0.300 e. The van der Waals surface area contributed by atoms with Crippen LogP contribution in [0.4, 0.5) is 10.1 Å². The van der Waals surface area contributed by atoms with Crippen molar-refractivity contribution in [3.8, 4) is 5.75 Å². The van der Waals surface area contributed by atoms with E-state index >= 15 is 0 Å². The number of hydrogen-bond acceptors (Lipinski definition) is 4. The topological polar surface area (TPSA) is 77.8 Å². The number of aromatic hydroxyl groups is 1. The Hall–Kier alpha value is -3.93. The van der Waals surface area contributed by atoms with Crippen molar-refractivity contribution in [1.82, 2.24) is 0 Å². The number of phenolic OH excluding ortho intramolecular Hbond substituents is 1. The van der Waals surface area contributed by atoms with E-state index in [1.807, 2.05) is 19.1 Å². The number of anilines is 1. The summed E-state index contributed by atoms with van der Waals surface area (Å²) in [6.07, 6.45) is 0.800. The van der Waals surface area contributed by atoms with Crippen LogP contribution in [0.5, 0.6) is 5.75 Å². The predicted octanol–water partition coefficient (Wildman–Crippen LogP) is 4.72. The molecule has 0 spiro atoms. The summed E-state index contributed by atoms with van der Waals surface area (Å²) in [5.41, 5.74) is 1.24. The molecule has 1 atom stereocenters. The maximum absolute atomic E-state index is 14.8. The summed E-state index contributed by atoms with van der Waals surface area (Å²) in [5, 5.41) is 21.4. The molecule has 0 aliphatic carbocycles. The van der Waals surface area contributed by atoms with E-state index in [-0.39, 0.29) is 22.6 Å². The minimum absolute atomic E-state index is 0.0386. The Labute approximate surface area is 178 Å². The number of phenols is 1. The fourth-order valence-electron chi connectivity index (χ4n) is 3.79. The number of amides is 1. The summed E-state index contributed by atoms with van der Waals surface area (Å²) in [5.74, 6) is -3.18. The third-order valence-corrected chi connectivity index (χ3v) is 5.42. The van der Waals surface area contributed by atoms with Crippen molar-refractivity contribution >= 4 is 23.1 Å². The smallest absolute Gasteiger partial charge is 0.300 e. The van der Waals surface area contributed by atoms with E-state index in [1.165, 1.54) is 30.3 Å². The molecule has 6 heteroatoms. The molecule has 1 saturated heterocycles. The van der Waals surface area contributed by atoms with Gasteiger partial charge in [0.1, 0.15) is 17.3 Å². The zero-order chi connectivity index (χ0) is 22.1. The van der Waals surface area contributed by atoms with Crippen molar-refractivity contribution < 1.29 is 24.2 Å². The summed E-state index contributed by atoms with van der Waals surface area (Å²) in [6, 6.07) is 17.4. The van der Waals surface area contributed by atoms with Gasteiger partial charge in [-0.25, -0.2) is 4.39 Å². The van der Waals surface area contributed by atoms with E-state index in [0.29, 0.717) is 5.56 Å². The first kappa shape index (κ1) is 20.3. The first-order valence-corrected chi connectivity index (χ1v) is 9.86. The molecule has 3 aromatic rings. The maximum atomic E-state index is 14.8. The van der Waals surface area contributed by atoms with E-state index in [4.69, 9.17) is 0 Å². The predicted molar refractivity (Wildman–Crippen MR) is 115 cm³/mol. The fraction of sp³-hybridized carbons (Fsp3) is 0.120. The largest absolute Gasteiger partial charge is 0.507 e. The van der Waals surface area contributed by atoms with Gasteiger partial charge in [-0.1, -0.05) is 61.5 Å². The number of rotatable bonds is 4. The minimum Gasteiger partial charge on any atom is -0.507 e. The van der Waals surface area contributed by atoms with Crippen molar-refractivity contribution in [3.05, 3.63) is 101 Å². The number of Topliss-reactive ketones (excluding diaryl/α,β-unsaturated/α-hetero) is 1. The van der Waals surface area contributed by atoms with Crippen LogP contribution < -0.4 is 4.90 Å². The summed E-state index contributed by atoms with van der Waals surface area (Å²) < 4.78 is 14.8. The number of benzene rings is 3. The van der Waals surface area contributed by atoms with Crippen LogP contribution >= 0.6 is 0 Å². The minimum atomic E-state index is -1.24. The highest BCUT2D eigenvalue weighted by molar-refractivity contribution is 6.51. The number of ketones is 1. The number of halogens is 1. The molecule has 0 radical (unpaired) electrons. The van der Waals surface area contributed by atoms with Gasteiger partial charge in [-0.15, -0.1) is 0 Å². The molecule has 1 aliphatic heterocycles. The van der Waals surface area contributed by atoms with Gasteiger partial charge in [-0.3, -0.25) is 14.5 Å². The van der Waals surface area contributed by atoms with Gasteiger partial charge in [0.25, 0.3) is 11.7 Å². The van der Waals surface area contributed by atoms with Gasteiger partial charge in [0.15, 0.2) is 0 Å². The number of hydrogen-bond donors (Lipinski definition) is 2. The molecular weight excluding hydrogens is 397 g/mol. The van der Waals surface area contributed by atoms with E-state index in [2.05, 4.69) is 0 Å². The quantitative estimate of drug-likeness (QED) is 0.366. The van der Waals surface area contributed by atoms with Crippen molar-refractivity contribution in [2.75, 3.05) is 4.90 Å². The second-order valence-electron chi connectivity index (χ2n) is 7.23. The lowest BCUT2D eigenvalue weighted by molar-refractivity contribution is -0.132. The van der Waals surface area contributed by atoms with E-state index in [1.54, 1.807) is 30.3 Å². The molecule has 5 nitrogen and oxygen atoms in total. The molecule has 156 valence electrons. The average Bonchev–Trinajstić information content (AvgIpc) is 3.04. The lowest BCUT2D eigenvalue weighted by Gasteiger charge is -2.26. The molecule has 1 amide bonds. The number of para-hydroxylation sites is 2. The third-order valence-electron chi connectivity index (χ3n) is 5.42. The molecule has 4 rings (SSSR count). The standard InChI is InChI=1S/C25H20FNO4/c1-2-15-11-13-16(14-12-15)23(29)21-22(17-7-3-4-8-18(17)26)27(25(31)24(21)30)19-9-5-6-10-20(19)28/h3-14,22,28-29H,2H2,1H3/b23-21+. The first-order valence-electron chi connectivity index (χ1n) is 9.86. The summed E-state index contributed by atoms with van der Waals surface area (Å²) in [7, 11) is 0. The van der Waals surface area contributed by atoms with Crippen LogP contribution in [-0.4, -0.2) is 21.9 Å². The number of carbonyl (C=O) groups excluding carboxylic acids is 2. The van der Waals surface area contributed by atoms with Crippen LogP contribution in [0.2, 0.25) is 0 Å². The highest BCUT2D eigenvalue weighted by Gasteiger charge is 2.48. The Morgan fingerprint density at radius 3 is 2.26 bits per heavy atom. The molecule has 3 aromatic carbocycles. The Bertz CT molecular complexity index is 1200. The molecule has 1 aliphatic rings. The monoisotopic (exact) mass is 417 g/mol. The number of nitrogens with zero attached hydrogens (tertiary/aromatic N) is 1. The average molecular weight is 417 g/mol. The second-order valence-corrected chi connectivity index (χ2v) is 7.23. The Morgan fingerprint density at radius 1 is 0.968 bits per heavy atom. The van der Waals surface area contributed by atoms with E-state index in [9.17, 15) is 24.2 Å². The molecular formula is C25H20FNO4. The van der Waals surface area contributed by atoms with Crippen LogP contribution in [0.25, 0.3) is 5.76 Å². The van der Waals surface area contributed by atoms with Crippen molar-refractivity contribution in [3.63, 3.8) is 0 Å². The number of carbonyl (C=O) groups is 2. The van der Waals surface area contributed by atoms with Crippen molar-refractivity contribution in [2.45, 2.75) is 19.4 Å². The Morgan fingerprint density at radius 2 is 1.61 bits per heavy atom. The van der Waals surface area contributed by atoms with Crippen LogP contribution in [0.1, 0.15) is 29.7 Å². The van der Waals surface area contributed by atoms with Crippen molar-refractivity contribution in [1.29, 1.82) is 0 Å². The van der Waals surface area contributed by atoms with Gasteiger partial charge in [-0.05, 0) is 30.2 Å². The van der Waals surface area contributed by atoms with Gasteiger partial charge in [-0.2, -0.15) is 0 Å². The number of aryl methyl sites for hydroxylation is 1. The fourth-order valence-corrected chi connectivity index (χ4v) is 3.79. The number of aliphatic hydroxyl groups excluding tert-OH is 1. The van der Waals surface area contributed by atoms with E-state index < -0.39 is 29.3 Å². The van der Waals surface area contributed by atoms with Crippen LogP contribution in [-0.2, 0) is 16.0 Å². The van der Waals surface area contributed by atoms with Gasteiger partial charge >= 0.3 is 0 Å². The highest BCUT2D eigenvalue weighted by atomic mass is 19.1. The Balaban J connectivity index is 1.97. The summed E-state index contributed by atoms with van der Waals surface area (Å²) in [6.45, 7) is 1.99. The summed E-state index contributed by atoms with van der Waals surface area (Å²) >= 11 is 0. The lowest BCUT2D eigenvalue weighted by Crippen LogP contribution is -2.29. The molecule has 2 N–H and O–H groups in total. The molecule has 1 unspecified atom stereocenters. The van der Waals surface area contributed by atoms with Crippen LogP contribution in [0.3, 0.4) is 0 Å². The Kier molecular flexibility index (Phi) is 5.29. The molecule has 0 saturated carbocycles. The van der Waals surface area contributed by atoms with Crippen molar-refractivity contribution in [2.24, 2.45) is 0 Å². The lowest BCUT2D eigenvalue weighted by atomic mass is 9.94. The normalized spacial score (nSPS) is 17.9.